The summed E-state index contributed by atoms with van der Waals surface area (Å²) in [6.07, 6.45) is 2.37. The molecule has 0 radical (unpaired) electrons. The molecule has 4 rings (SSSR count). The molecule has 23 heavy (non-hydrogen) atoms. The largest absolute Gasteiger partial charge is 0.351 e. The van der Waals surface area contributed by atoms with E-state index < -0.39 is 0 Å². The Morgan fingerprint density at radius 1 is 1.30 bits per heavy atom. The van der Waals surface area contributed by atoms with Crippen molar-refractivity contribution in [2.75, 3.05) is 36.4 Å². The Kier molecular flexibility index (Phi) is 3.30. The van der Waals surface area contributed by atoms with Crippen LogP contribution >= 0.6 is 0 Å². The Morgan fingerprint density at radius 3 is 2.91 bits per heavy atom. The molecule has 1 aliphatic rings. The van der Waals surface area contributed by atoms with E-state index in [0.29, 0.717) is 6.41 Å². The highest BCUT2D eigenvalue weighted by Crippen LogP contribution is 2.27. The van der Waals surface area contributed by atoms with Gasteiger partial charge >= 0.3 is 0 Å². The molecular weight excluding hydrogens is 294 g/mol. The third kappa shape index (κ3) is 2.27. The van der Waals surface area contributed by atoms with Crippen molar-refractivity contribution in [1.29, 1.82) is 0 Å². The quantitative estimate of drug-likeness (QED) is 0.687. The first-order valence-electron chi connectivity index (χ1n) is 7.58. The van der Waals surface area contributed by atoms with Gasteiger partial charge < -0.3 is 15.5 Å². The summed E-state index contributed by atoms with van der Waals surface area (Å²) in [5.41, 5.74) is 4.20. The van der Waals surface area contributed by atoms with Crippen molar-refractivity contribution in [3.05, 3.63) is 24.0 Å². The molecule has 3 aromatic rings. The fourth-order valence-corrected chi connectivity index (χ4v) is 3.00. The zero-order valence-corrected chi connectivity index (χ0v) is 12.8. The van der Waals surface area contributed by atoms with Gasteiger partial charge in [0.15, 0.2) is 5.82 Å². The number of nitrogens with zero attached hydrogens (tertiary/aromatic N) is 5. The van der Waals surface area contributed by atoms with E-state index in [2.05, 4.69) is 25.7 Å². The van der Waals surface area contributed by atoms with Crippen LogP contribution in [0, 0.1) is 6.92 Å². The van der Waals surface area contributed by atoms with E-state index >= 15 is 0 Å². The van der Waals surface area contributed by atoms with Gasteiger partial charge in [0, 0.05) is 31.9 Å². The van der Waals surface area contributed by atoms with Crippen LogP contribution in [-0.2, 0) is 4.79 Å². The highest BCUT2D eigenvalue weighted by atomic mass is 16.1. The first-order valence-corrected chi connectivity index (χ1v) is 7.58. The molecule has 0 spiro atoms. The summed E-state index contributed by atoms with van der Waals surface area (Å²) in [7, 11) is 0. The minimum atomic E-state index is 0.681. The first kappa shape index (κ1) is 13.9. The zero-order valence-electron chi connectivity index (χ0n) is 12.8. The second-order valence-electron chi connectivity index (χ2n) is 5.62. The van der Waals surface area contributed by atoms with Gasteiger partial charge in [-0.3, -0.25) is 9.20 Å². The van der Waals surface area contributed by atoms with Crippen molar-refractivity contribution in [3.8, 4) is 0 Å². The molecule has 8 nitrogen and oxygen atoms in total. The lowest BCUT2D eigenvalue weighted by Gasteiger charge is -2.28. The van der Waals surface area contributed by atoms with Gasteiger partial charge in [-0.25, -0.2) is 4.98 Å². The zero-order chi connectivity index (χ0) is 15.8. The van der Waals surface area contributed by atoms with E-state index in [1.807, 2.05) is 23.5 Å². The lowest BCUT2D eigenvalue weighted by molar-refractivity contribution is -0.105. The number of amides is 1. The number of aromatic nitrogens is 4. The molecule has 0 atom stereocenters. The van der Waals surface area contributed by atoms with Crippen LogP contribution in [0.15, 0.2) is 18.5 Å². The lowest BCUT2D eigenvalue weighted by Crippen LogP contribution is -2.44. The average Bonchev–Trinajstić information content (AvgIpc) is 3.06. The van der Waals surface area contributed by atoms with Crippen LogP contribution in [0.1, 0.15) is 5.56 Å². The predicted molar refractivity (Wildman–Crippen MR) is 87.8 cm³/mol. The number of rotatable bonds is 3. The third-order valence-corrected chi connectivity index (χ3v) is 4.19. The average molecular weight is 311 g/mol. The molecule has 1 amide bonds. The second kappa shape index (κ2) is 5.47. The topological polar surface area (TPSA) is 87.5 Å². The molecule has 2 N–H and O–H groups in total. The molecule has 1 fully saturated rings. The van der Waals surface area contributed by atoms with Gasteiger partial charge in [0.2, 0.25) is 12.1 Å². The normalized spacial score (nSPS) is 15.3. The molecule has 8 heteroatoms. The molecule has 118 valence electrons. The molecule has 0 saturated carbocycles. The summed E-state index contributed by atoms with van der Waals surface area (Å²) >= 11 is 0. The number of benzene rings is 1. The number of fused-ring (bicyclic) bond motifs is 3. The molecule has 1 saturated heterocycles. The molecule has 1 aromatic carbocycles. The number of carbonyl (C=O) groups excluding carboxylic acids is 1. The third-order valence-electron chi connectivity index (χ3n) is 4.19. The van der Waals surface area contributed by atoms with E-state index in [-0.39, 0.29) is 0 Å². The van der Waals surface area contributed by atoms with Crippen molar-refractivity contribution in [2.45, 2.75) is 6.92 Å². The van der Waals surface area contributed by atoms with Gasteiger partial charge in [0.05, 0.1) is 11.0 Å². The maximum Gasteiger partial charge on any atom is 0.211 e. The minimum absolute atomic E-state index is 0.681. The Hall–Kier alpha value is -2.74. The van der Waals surface area contributed by atoms with Gasteiger partial charge in [0.25, 0.3) is 0 Å². The molecule has 0 aliphatic carbocycles. The Balaban J connectivity index is 1.95. The number of aryl methyl sites for hydroxylation is 1. The van der Waals surface area contributed by atoms with Crippen LogP contribution < -0.4 is 15.5 Å². The lowest BCUT2D eigenvalue weighted by atomic mass is 10.1. The van der Waals surface area contributed by atoms with Crippen LogP contribution in [0.4, 0.5) is 11.5 Å². The Bertz CT molecular complexity index is 882. The van der Waals surface area contributed by atoms with Gasteiger partial charge in [-0.15, -0.1) is 10.2 Å². The van der Waals surface area contributed by atoms with E-state index in [9.17, 15) is 4.79 Å². The molecular formula is C15H17N7O. The minimum Gasteiger partial charge on any atom is -0.351 e. The molecule has 2 aromatic heterocycles. The Morgan fingerprint density at radius 2 is 2.13 bits per heavy atom. The molecule has 0 unspecified atom stereocenters. The number of nitrogens with one attached hydrogen (secondary N) is 2. The highest BCUT2D eigenvalue weighted by Gasteiger charge is 2.19. The van der Waals surface area contributed by atoms with Crippen LogP contribution in [-0.4, -0.2) is 52.2 Å². The summed E-state index contributed by atoms with van der Waals surface area (Å²) < 4.78 is 1.93. The molecule has 0 bridgehead atoms. The van der Waals surface area contributed by atoms with Crippen molar-refractivity contribution in [3.63, 3.8) is 0 Å². The van der Waals surface area contributed by atoms with Crippen molar-refractivity contribution in [1.82, 2.24) is 24.9 Å². The van der Waals surface area contributed by atoms with E-state index in [4.69, 9.17) is 4.98 Å². The highest BCUT2D eigenvalue weighted by molar-refractivity contribution is 5.89. The Labute approximate surface area is 132 Å². The summed E-state index contributed by atoms with van der Waals surface area (Å²) in [5, 5.41) is 14.3. The van der Waals surface area contributed by atoms with Gasteiger partial charge in [-0.2, -0.15) is 0 Å². The predicted octanol–water partition coefficient (Wildman–Crippen LogP) is 0.564. The summed E-state index contributed by atoms with van der Waals surface area (Å²) in [6, 6.07) is 3.89. The van der Waals surface area contributed by atoms with Crippen molar-refractivity contribution < 1.29 is 4.79 Å². The van der Waals surface area contributed by atoms with Crippen LogP contribution in [0.5, 0.6) is 0 Å². The fourth-order valence-electron chi connectivity index (χ4n) is 3.00. The monoisotopic (exact) mass is 311 g/mol. The maximum absolute atomic E-state index is 10.8. The van der Waals surface area contributed by atoms with E-state index in [0.717, 1.165) is 59.9 Å². The van der Waals surface area contributed by atoms with Gasteiger partial charge in [-0.1, -0.05) is 0 Å². The smallest absolute Gasteiger partial charge is 0.211 e. The first-order chi connectivity index (χ1) is 11.3. The summed E-state index contributed by atoms with van der Waals surface area (Å²) in [4.78, 5) is 17.8. The number of hydrogen-bond donors (Lipinski definition) is 2. The number of anilines is 2. The van der Waals surface area contributed by atoms with Crippen LogP contribution in [0.3, 0.4) is 0 Å². The van der Waals surface area contributed by atoms with Crippen molar-refractivity contribution in [2.24, 2.45) is 0 Å². The number of hydrogen-bond acceptors (Lipinski definition) is 6. The number of carbonyl (C=O) groups is 1. The summed E-state index contributed by atoms with van der Waals surface area (Å²) in [5.74, 6) is 0.854. The van der Waals surface area contributed by atoms with E-state index in [1.165, 1.54) is 0 Å². The molecule has 1 aliphatic heterocycles. The summed E-state index contributed by atoms with van der Waals surface area (Å²) in [6.45, 7) is 5.60. The van der Waals surface area contributed by atoms with Gasteiger partial charge in [0.1, 0.15) is 6.33 Å². The van der Waals surface area contributed by atoms with Crippen LogP contribution in [0.2, 0.25) is 0 Å². The molecule has 3 heterocycles. The van der Waals surface area contributed by atoms with Crippen molar-refractivity contribution >= 4 is 34.6 Å². The van der Waals surface area contributed by atoms with Gasteiger partial charge in [-0.05, 0) is 24.6 Å². The maximum atomic E-state index is 10.8. The van der Waals surface area contributed by atoms with Crippen LogP contribution in [0.25, 0.3) is 16.7 Å². The second-order valence-corrected chi connectivity index (χ2v) is 5.62. The van der Waals surface area contributed by atoms with E-state index in [1.54, 1.807) is 6.33 Å². The SMILES string of the molecule is Cc1cc2nc(N3CCNCC3)c3nncn3c2cc1NC=O. The fraction of sp³-hybridized carbons (Fsp3) is 0.333. The standard InChI is InChI=1S/C15H17N7O/c1-10-6-12-13(7-11(10)17-9-23)22-8-18-20-15(22)14(19-12)21-4-2-16-3-5-21/h6-9,16H,2-5H2,1H3,(H,17,23). The number of piperazine rings is 1.